The van der Waals surface area contributed by atoms with Crippen molar-refractivity contribution in [2.75, 3.05) is 0 Å². The normalized spacial score (nSPS) is 12.9. The predicted octanol–water partition coefficient (Wildman–Crippen LogP) is 0.482. The van der Waals surface area contributed by atoms with Gasteiger partial charge in [-0.3, -0.25) is 0 Å². The van der Waals surface area contributed by atoms with Crippen molar-refractivity contribution in [2.45, 2.75) is 18.8 Å². The van der Waals surface area contributed by atoms with E-state index >= 15 is 0 Å². The van der Waals surface area contributed by atoms with Crippen LogP contribution in [0.15, 0.2) is 36.5 Å². The van der Waals surface area contributed by atoms with E-state index in [4.69, 9.17) is 5.73 Å². The van der Waals surface area contributed by atoms with Gasteiger partial charge >= 0.3 is 18.1 Å². The summed E-state index contributed by atoms with van der Waals surface area (Å²) in [5, 5.41) is 5.00. The van der Waals surface area contributed by atoms with Gasteiger partial charge in [0.05, 0.1) is 0 Å². The zero-order valence-electron chi connectivity index (χ0n) is 11.1. The van der Waals surface area contributed by atoms with Crippen molar-refractivity contribution in [2.24, 2.45) is 5.73 Å². The molecule has 22 heavy (non-hydrogen) atoms. The molecule has 1 aromatic carbocycles. The van der Waals surface area contributed by atoms with Gasteiger partial charge in [-0.1, -0.05) is 22.9 Å². The van der Waals surface area contributed by atoms with Crippen molar-refractivity contribution in [3.63, 3.8) is 0 Å². The first-order valence-electron chi connectivity index (χ1n) is 6.11. The maximum atomic E-state index is 12.0. The maximum Gasteiger partial charge on any atom is 0.491 e. The second kappa shape index (κ2) is 6.06. The summed E-state index contributed by atoms with van der Waals surface area (Å²) in [5.41, 5.74) is 6.05. The van der Waals surface area contributed by atoms with E-state index in [1.807, 2.05) is 12.1 Å². The van der Waals surface area contributed by atoms with E-state index in [1.165, 1.54) is 10.9 Å². The smallest absolute Gasteiger partial charge is 0.385 e. The minimum atomic E-state index is -5.25. The number of rotatable bonds is 3. The summed E-state index contributed by atoms with van der Waals surface area (Å²) in [6.07, 6.45) is -3.73. The van der Waals surface area contributed by atoms with E-state index in [0.29, 0.717) is 5.52 Å². The molecule has 0 saturated carbocycles. The molecule has 0 bridgehead atoms. The maximum absolute atomic E-state index is 12.0. The fourth-order valence-electron chi connectivity index (χ4n) is 1.66. The van der Waals surface area contributed by atoms with Crippen LogP contribution in [0, 0.1) is 0 Å². The van der Waals surface area contributed by atoms with Crippen LogP contribution in [0.4, 0.5) is 13.2 Å². The molecule has 0 aliphatic carbocycles. The highest BCUT2D eigenvalue weighted by Gasteiger charge is 2.43. The Bertz CT molecular complexity index is 718. The Morgan fingerprint density at radius 2 is 1.95 bits per heavy atom. The molecule has 0 spiro atoms. The van der Waals surface area contributed by atoms with Crippen LogP contribution in [-0.2, 0) is 20.9 Å². The molecule has 116 valence electrons. The lowest BCUT2D eigenvalue weighted by atomic mass is 10.2. The summed E-state index contributed by atoms with van der Waals surface area (Å²) in [6, 6.07) is 7.38. The lowest BCUT2D eigenvalue weighted by molar-refractivity contribution is -0.751. The van der Waals surface area contributed by atoms with Crippen LogP contribution >= 0.6 is 0 Å². The Morgan fingerprint density at radius 3 is 2.64 bits per heavy atom. The fraction of sp³-hybridized carbons (Fsp3) is 0.231. The van der Waals surface area contributed by atoms with Crippen LogP contribution in [0.5, 0.6) is 0 Å². The third kappa shape index (κ3) is 3.76. The van der Waals surface area contributed by atoms with Gasteiger partial charge < -0.3 is 10.5 Å². The number of benzene rings is 1. The van der Waals surface area contributed by atoms with Crippen molar-refractivity contribution >= 4 is 22.8 Å². The monoisotopic (exact) mass is 314 g/mol. The molecule has 1 atom stereocenters. The third-order valence-corrected chi connectivity index (χ3v) is 2.71. The van der Waals surface area contributed by atoms with Crippen LogP contribution in [0.2, 0.25) is 0 Å². The minimum Gasteiger partial charge on any atom is -0.385 e. The van der Waals surface area contributed by atoms with Gasteiger partial charge in [-0.25, -0.2) is 9.59 Å². The first-order chi connectivity index (χ1) is 10.3. The first kappa shape index (κ1) is 15.8. The summed E-state index contributed by atoms with van der Waals surface area (Å²) in [6.45, 7) is -0.227. The Hall–Kier alpha value is -2.55. The standard InChI is InChI=1S/C13H11F3N3O3/c14-13(15,16)12(21)22-11(20)9(17)7-19-6-5-8-3-1-2-4-10(8)18-19/h1-6,9H,7,17H2/q+1/t9-/m0/s1. The Kier molecular flexibility index (Phi) is 4.36. The lowest BCUT2D eigenvalue weighted by Crippen LogP contribution is -2.50. The van der Waals surface area contributed by atoms with Gasteiger partial charge in [-0.2, -0.15) is 13.2 Å². The molecule has 0 aliphatic rings. The summed E-state index contributed by atoms with van der Waals surface area (Å²) in [7, 11) is 0. The molecular formula is C13H11F3N3O3+. The molecule has 2 aromatic rings. The summed E-state index contributed by atoms with van der Waals surface area (Å²) >= 11 is 0. The molecule has 0 fully saturated rings. The molecule has 1 aromatic heterocycles. The summed E-state index contributed by atoms with van der Waals surface area (Å²) < 4.78 is 40.9. The van der Waals surface area contributed by atoms with Crippen molar-refractivity contribution in [3.05, 3.63) is 36.5 Å². The highest BCUT2D eigenvalue weighted by Crippen LogP contribution is 2.16. The second-order valence-corrected chi connectivity index (χ2v) is 4.41. The zero-order valence-corrected chi connectivity index (χ0v) is 11.1. The van der Waals surface area contributed by atoms with E-state index in [0.717, 1.165) is 5.39 Å². The average molecular weight is 314 g/mol. The molecule has 0 saturated heterocycles. The van der Waals surface area contributed by atoms with Crippen molar-refractivity contribution < 1.29 is 32.2 Å². The molecule has 0 amide bonds. The number of halogens is 3. The van der Waals surface area contributed by atoms with Crippen LogP contribution in [0.3, 0.4) is 0 Å². The highest BCUT2D eigenvalue weighted by atomic mass is 19.4. The van der Waals surface area contributed by atoms with E-state index in [2.05, 4.69) is 9.84 Å². The van der Waals surface area contributed by atoms with Crippen molar-refractivity contribution in [1.29, 1.82) is 0 Å². The van der Waals surface area contributed by atoms with Crippen molar-refractivity contribution in [1.82, 2.24) is 5.10 Å². The van der Waals surface area contributed by atoms with E-state index in [1.54, 1.807) is 18.2 Å². The molecular weight excluding hydrogens is 303 g/mol. The van der Waals surface area contributed by atoms with Gasteiger partial charge in [0, 0.05) is 16.6 Å². The number of hydrogen-bond acceptors (Lipinski definition) is 5. The SMILES string of the molecule is N[C@@H](C[n+]1ccc2ccccc2n1)C(=O)OC(=O)C(F)(F)F. The number of nitrogens with two attached hydrogens (primary N) is 1. The molecule has 0 aliphatic heterocycles. The minimum absolute atomic E-state index is 0.227. The Morgan fingerprint density at radius 1 is 1.27 bits per heavy atom. The number of ether oxygens (including phenoxy) is 1. The first-order valence-corrected chi connectivity index (χ1v) is 6.11. The number of fused-ring (bicyclic) bond motifs is 1. The molecule has 0 radical (unpaired) electrons. The van der Waals surface area contributed by atoms with Gasteiger partial charge in [-0.05, 0) is 6.07 Å². The number of hydrogen-bond donors (Lipinski definition) is 1. The third-order valence-electron chi connectivity index (χ3n) is 2.71. The van der Waals surface area contributed by atoms with Crippen LogP contribution in [-0.4, -0.2) is 29.3 Å². The summed E-state index contributed by atoms with van der Waals surface area (Å²) in [4.78, 5) is 21.9. The fourth-order valence-corrected chi connectivity index (χ4v) is 1.66. The van der Waals surface area contributed by atoms with Crippen LogP contribution < -0.4 is 10.4 Å². The number of carbonyl (C=O) groups is 2. The average Bonchev–Trinajstić information content (AvgIpc) is 2.46. The molecule has 0 unspecified atom stereocenters. The van der Waals surface area contributed by atoms with Gasteiger partial charge in [-0.15, -0.1) is 0 Å². The predicted molar refractivity (Wildman–Crippen MR) is 67.1 cm³/mol. The molecule has 2 N–H and O–H groups in total. The molecule has 2 rings (SSSR count). The Labute approximate surface area is 122 Å². The van der Waals surface area contributed by atoms with E-state index in [-0.39, 0.29) is 6.54 Å². The highest BCUT2D eigenvalue weighted by molar-refractivity contribution is 5.90. The zero-order chi connectivity index (χ0) is 16.3. The summed E-state index contributed by atoms with van der Waals surface area (Å²) in [5.74, 6) is -4.06. The van der Waals surface area contributed by atoms with Gasteiger partial charge in [0.25, 0.3) is 0 Å². The van der Waals surface area contributed by atoms with Crippen LogP contribution in [0.1, 0.15) is 0 Å². The van der Waals surface area contributed by atoms with Crippen LogP contribution in [0.25, 0.3) is 10.9 Å². The van der Waals surface area contributed by atoms with Crippen molar-refractivity contribution in [3.8, 4) is 0 Å². The Balaban J connectivity index is 2.05. The van der Waals surface area contributed by atoms with Gasteiger partial charge in [0.2, 0.25) is 0 Å². The second-order valence-electron chi connectivity index (χ2n) is 4.41. The molecule has 9 heteroatoms. The van der Waals surface area contributed by atoms with E-state index in [9.17, 15) is 22.8 Å². The quantitative estimate of drug-likeness (QED) is 0.506. The topological polar surface area (TPSA) is 86.2 Å². The largest absolute Gasteiger partial charge is 0.491 e. The van der Waals surface area contributed by atoms with E-state index < -0.39 is 24.2 Å². The number of esters is 2. The van der Waals surface area contributed by atoms with Gasteiger partial charge in [0.15, 0.2) is 18.8 Å². The molecule has 6 nitrogen and oxygen atoms in total. The number of aromatic nitrogens is 2. The number of carbonyl (C=O) groups excluding carboxylic acids is 2. The number of nitrogens with zero attached hydrogens (tertiary/aromatic N) is 2. The number of alkyl halides is 3. The lowest BCUT2D eigenvalue weighted by Gasteiger charge is -2.08. The van der Waals surface area contributed by atoms with Gasteiger partial charge in [0.1, 0.15) is 5.52 Å². The molecule has 1 heterocycles.